The van der Waals surface area contributed by atoms with Crippen LogP contribution in [0.1, 0.15) is 29.0 Å². The van der Waals surface area contributed by atoms with Crippen LogP contribution < -0.4 is 5.32 Å². The Balaban J connectivity index is 1.53. The van der Waals surface area contributed by atoms with E-state index in [0.717, 1.165) is 31.0 Å². The Kier molecular flexibility index (Phi) is 5.27. The van der Waals surface area contributed by atoms with E-state index in [-0.39, 0.29) is 0 Å². The van der Waals surface area contributed by atoms with Crippen LogP contribution in [0.2, 0.25) is 0 Å². The van der Waals surface area contributed by atoms with Gasteiger partial charge in [-0.1, -0.05) is 12.1 Å². The molecule has 0 aromatic carbocycles. The van der Waals surface area contributed by atoms with Crippen LogP contribution in [-0.2, 0) is 6.54 Å². The van der Waals surface area contributed by atoms with Gasteiger partial charge in [-0.15, -0.1) is 11.3 Å². The summed E-state index contributed by atoms with van der Waals surface area (Å²) in [6, 6.07) is 10.4. The first-order valence-electron chi connectivity index (χ1n) is 8.11. The van der Waals surface area contributed by atoms with Gasteiger partial charge in [0.25, 0.3) is 0 Å². The molecular weight excluding hydrogens is 304 g/mol. The van der Waals surface area contributed by atoms with Gasteiger partial charge < -0.3 is 5.32 Å². The van der Waals surface area contributed by atoms with Crippen LogP contribution in [0.25, 0.3) is 0 Å². The molecule has 0 bridgehead atoms. The van der Waals surface area contributed by atoms with E-state index < -0.39 is 0 Å². The van der Waals surface area contributed by atoms with Gasteiger partial charge in [0.05, 0.1) is 0 Å². The summed E-state index contributed by atoms with van der Waals surface area (Å²) in [5, 5.41) is 14.6. The summed E-state index contributed by atoms with van der Waals surface area (Å²) < 4.78 is 0. The molecule has 1 aliphatic rings. The molecule has 120 valence electrons. The van der Waals surface area contributed by atoms with E-state index in [2.05, 4.69) is 38.8 Å². The highest BCUT2D eigenvalue weighted by atomic mass is 32.1. The van der Waals surface area contributed by atoms with E-state index in [1.165, 1.54) is 24.3 Å². The number of thiophene rings is 1. The quantitative estimate of drug-likeness (QED) is 0.911. The molecule has 3 heterocycles. The molecule has 0 aliphatic carbocycles. The average Bonchev–Trinajstić information content (AvgIpc) is 3.07. The Labute approximate surface area is 141 Å². The van der Waals surface area contributed by atoms with Gasteiger partial charge in [0.2, 0.25) is 0 Å². The molecule has 2 aromatic heterocycles. The Morgan fingerprint density at radius 1 is 1.43 bits per heavy atom. The van der Waals surface area contributed by atoms with Crippen molar-refractivity contribution in [1.29, 1.82) is 5.26 Å². The fourth-order valence-electron chi connectivity index (χ4n) is 3.07. The zero-order valence-electron chi connectivity index (χ0n) is 13.5. The minimum atomic E-state index is 0.512. The van der Waals surface area contributed by atoms with Gasteiger partial charge in [-0.25, -0.2) is 4.98 Å². The predicted molar refractivity (Wildman–Crippen MR) is 94.5 cm³/mol. The van der Waals surface area contributed by atoms with Gasteiger partial charge in [-0.3, -0.25) is 4.90 Å². The summed E-state index contributed by atoms with van der Waals surface area (Å²) in [5.74, 6) is 1.44. The monoisotopic (exact) mass is 326 g/mol. The number of rotatable bonds is 5. The molecule has 23 heavy (non-hydrogen) atoms. The lowest BCUT2D eigenvalue weighted by Crippen LogP contribution is -2.37. The van der Waals surface area contributed by atoms with Crippen LogP contribution in [0.5, 0.6) is 0 Å². The highest BCUT2D eigenvalue weighted by molar-refractivity contribution is 7.09. The van der Waals surface area contributed by atoms with Gasteiger partial charge in [0.1, 0.15) is 17.6 Å². The Morgan fingerprint density at radius 2 is 2.35 bits per heavy atom. The van der Waals surface area contributed by atoms with Gasteiger partial charge in [-0.2, -0.15) is 5.26 Å². The fraction of sp³-hybridized carbons (Fsp3) is 0.444. The summed E-state index contributed by atoms with van der Waals surface area (Å²) >= 11 is 1.84. The van der Waals surface area contributed by atoms with Gasteiger partial charge >= 0.3 is 0 Å². The molecule has 1 fully saturated rings. The van der Waals surface area contributed by atoms with Crippen molar-refractivity contribution in [2.24, 2.45) is 5.92 Å². The number of piperidine rings is 1. The van der Waals surface area contributed by atoms with Crippen LogP contribution in [0, 0.1) is 24.2 Å². The molecule has 3 rings (SSSR count). The molecule has 1 N–H and O–H groups in total. The molecule has 0 saturated carbocycles. The predicted octanol–water partition coefficient (Wildman–Crippen LogP) is 3.65. The van der Waals surface area contributed by atoms with Gasteiger partial charge in [0.15, 0.2) is 0 Å². The first-order chi connectivity index (χ1) is 11.2. The van der Waals surface area contributed by atoms with Crippen molar-refractivity contribution >= 4 is 17.2 Å². The van der Waals surface area contributed by atoms with Crippen LogP contribution in [0.15, 0.2) is 29.6 Å². The number of pyridine rings is 1. The number of hydrogen-bond donors (Lipinski definition) is 1. The van der Waals surface area contributed by atoms with E-state index in [0.29, 0.717) is 11.6 Å². The van der Waals surface area contributed by atoms with Crippen LogP contribution in [0.3, 0.4) is 0 Å². The second-order valence-corrected chi connectivity index (χ2v) is 7.21. The number of hydrogen-bond acceptors (Lipinski definition) is 5. The third-order valence-corrected chi connectivity index (χ3v) is 5.20. The molecule has 0 radical (unpaired) electrons. The molecule has 0 amide bonds. The minimum absolute atomic E-state index is 0.512. The van der Waals surface area contributed by atoms with E-state index in [4.69, 9.17) is 5.26 Å². The summed E-state index contributed by atoms with van der Waals surface area (Å²) in [4.78, 5) is 8.36. The Hall–Kier alpha value is -1.90. The van der Waals surface area contributed by atoms with Crippen molar-refractivity contribution < 1.29 is 0 Å². The molecule has 0 spiro atoms. The Bertz CT molecular complexity index is 675. The maximum atomic E-state index is 9.07. The minimum Gasteiger partial charge on any atom is -0.370 e. The molecule has 1 aliphatic heterocycles. The summed E-state index contributed by atoms with van der Waals surface area (Å²) in [6.07, 6.45) is 2.51. The van der Waals surface area contributed by atoms with Crippen molar-refractivity contribution in [3.8, 4) is 6.07 Å². The molecular formula is C18H22N4S. The highest BCUT2D eigenvalue weighted by Gasteiger charge is 2.20. The van der Waals surface area contributed by atoms with Crippen molar-refractivity contribution in [3.63, 3.8) is 0 Å². The first-order valence-corrected chi connectivity index (χ1v) is 8.99. The molecule has 1 atom stereocenters. The van der Waals surface area contributed by atoms with Crippen molar-refractivity contribution in [3.05, 3.63) is 45.8 Å². The number of nitrogens with zero attached hydrogens (tertiary/aromatic N) is 3. The smallest absolute Gasteiger partial charge is 0.145 e. The third-order valence-electron chi connectivity index (χ3n) is 4.34. The average molecular weight is 326 g/mol. The van der Waals surface area contributed by atoms with E-state index in [1.54, 1.807) is 0 Å². The molecule has 4 nitrogen and oxygen atoms in total. The van der Waals surface area contributed by atoms with Gasteiger partial charge in [0, 0.05) is 24.5 Å². The van der Waals surface area contributed by atoms with Crippen LogP contribution >= 0.6 is 11.3 Å². The normalized spacial score (nSPS) is 18.5. The zero-order valence-corrected chi connectivity index (χ0v) is 14.3. The SMILES string of the molecule is Cc1ccc(NCC2CCCN(Cc3cccs3)C2)nc1C#N. The lowest BCUT2D eigenvalue weighted by molar-refractivity contribution is 0.174. The number of nitrogens with one attached hydrogen (secondary N) is 1. The van der Waals surface area contributed by atoms with E-state index in [9.17, 15) is 0 Å². The molecule has 1 saturated heterocycles. The van der Waals surface area contributed by atoms with Crippen LogP contribution in [-0.4, -0.2) is 29.5 Å². The lowest BCUT2D eigenvalue weighted by Gasteiger charge is -2.32. The van der Waals surface area contributed by atoms with E-state index >= 15 is 0 Å². The molecule has 2 aromatic rings. The number of aromatic nitrogens is 1. The van der Waals surface area contributed by atoms with Crippen molar-refractivity contribution in [2.75, 3.05) is 25.0 Å². The number of anilines is 1. The largest absolute Gasteiger partial charge is 0.370 e. The number of nitriles is 1. The fourth-order valence-corrected chi connectivity index (χ4v) is 3.82. The van der Waals surface area contributed by atoms with E-state index in [1.807, 2.05) is 30.4 Å². The summed E-state index contributed by atoms with van der Waals surface area (Å²) in [7, 11) is 0. The van der Waals surface area contributed by atoms with Gasteiger partial charge in [-0.05, 0) is 55.3 Å². The first kappa shape index (κ1) is 16.0. The third kappa shape index (κ3) is 4.31. The zero-order chi connectivity index (χ0) is 16.1. The molecule has 1 unspecified atom stereocenters. The summed E-state index contributed by atoms with van der Waals surface area (Å²) in [6.45, 7) is 6.22. The van der Waals surface area contributed by atoms with Crippen LogP contribution in [0.4, 0.5) is 5.82 Å². The lowest BCUT2D eigenvalue weighted by atomic mass is 9.98. The standard InChI is InChI=1S/C18H22N4S/c1-14-6-7-18(21-17(14)10-19)20-11-15-4-2-8-22(12-15)13-16-5-3-9-23-16/h3,5-7,9,15H,2,4,8,11-13H2,1H3,(H,20,21). The van der Waals surface area contributed by atoms with Crippen molar-refractivity contribution in [2.45, 2.75) is 26.3 Å². The maximum Gasteiger partial charge on any atom is 0.145 e. The van der Waals surface area contributed by atoms with Crippen molar-refractivity contribution in [1.82, 2.24) is 9.88 Å². The second kappa shape index (κ2) is 7.58. The Morgan fingerprint density at radius 3 is 3.13 bits per heavy atom. The number of likely N-dealkylation sites (tertiary alicyclic amines) is 1. The topological polar surface area (TPSA) is 52.0 Å². The summed E-state index contributed by atoms with van der Waals surface area (Å²) in [5.41, 5.74) is 1.44. The highest BCUT2D eigenvalue weighted by Crippen LogP contribution is 2.21. The second-order valence-electron chi connectivity index (χ2n) is 6.18. The molecule has 5 heteroatoms. The maximum absolute atomic E-state index is 9.07. The number of aryl methyl sites for hydroxylation is 1.